The van der Waals surface area contributed by atoms with Crippen molar-refractivity contribution in [3.8, 4) is 0 Å². The van der Waals surface area contributed by atoms with E-state index in [-0.39, 0.29) is 50.4 Å². The van der Waals surface area contributed by atoms with Crippen molar-refractivity contribution in [2.75, 3.05) is 41.3 Å². The minimum atomic E-state index is -1.94. The largest absolute Gasteiger partial charge is 0.459 e. The standard InChI is InChI=1S/C55H87FN4O14/c1-15-42-55(10,66)47(73-51(63)57-26-25-38-19-17-16-18-20-38)36(6)60(13)31-32(2)28-53(8,65)46(72-50-44(61)41(59(11)12)27-33(3)68-50)34(4)45(35(5)49(62)70-42)71-43-29-54(9,67-14)48(37(7)69-43)74-52(64)58-30-39-21-23-40(56)24-22-39/h16-24,32-37,41-48,50,61,65-66H,15,25-31H2,1-14H3,(H,57,63)(H,58,64)/t32-,33-,34-,35-,36+,37+,41+,42+,43+,44-,45-,46-,47+,48+,50+,53+,54-,55-/m1/s1. The number of nitrogens with zero attached hydrogens (tertiary/aromatic N) is 2. The Labute approximate surface area is 438 Å². The fourth-order valence-corrected chi connectivity index (χ4v) is 11.2. The Morgan fingerprint density at radius 3 is 2.12 bits per heavy atom. The van der Waals surface area contributed by atoms with Crippen molar-refractivity contribution in [2.45, 2.75) is 198 Å². The lowest BCUT2D eigenvalue weighted by atomic mass is 9.77. The highest BCUT2D eigenvalue weighted by Crippen LogP contribution is 2.41. The first-order valence-electron chi connectivity index (χ1n) is 26.2. The molecule has 0 aromatic heterocycles. The van der Waals surface area contributed by atoms with Crippen LogP contribution in [-0.2, 0) is 55.7 Å². The molecule has 3 saturated heterocycles. The molecule has 418 valence electrons. The summed E-state index contributed by atoms with van der Waals surface area (Å²) in [6.45, 7) is 18.2. The van der Waals surface area contributed by atoms with Gasteiger partial charge in [-0.15, -0.1) is 0 Å². The van der Waals surface area contributed by atoms with Crippen LogP contribution in [0.3, 0.4) is 0 Å². The average molecular weight is 1050 g/mol. The van der Waals surface area contributed by atoms with E-state index in [1.54, 1.807) is 53.7 Å². The summed E-state index contributed by atoms with van der Waals surface area (Å²) in [5, 5.41) is 42.9. The first-order chi connectivity index (χ1) is 34.7. The second kappa shape index (κ2) is 26.4. The third-order valence-corrected chi connectivity index (χ3v) is 15.5. The van der Waals surface area contributed by atoms with Gasteiger partial charge in [-0.3, -0.25) is 9.69 Å². The van der Waals surface area contributed by atoms with Crippen LogP contribution in [0.2, 0.25) is 0 Å². The number of ether oxygens (including phenoxy) is 8. The number of amides is 2. The van der Waals surface area contributed by atoms with Crippen LogP contribution in [0.1, 0.15) is 106 Å². The number of benzene rings is 2. The summed E-state index contributed by atoms with van der Waals surface area (Å²) in [6, 6.07) is 14.4. The van der Waals surface area contributed by atoms with Crippen molar-refractivity contribution in [3.05, 3.63) is 71.5 Å². The lowest BCUT2D eigenvalue weighted by Gasteiger charge is -2.49. The van der Waals surface area contributed by atoms with Crippen molar-refractivity contribution >= 4 is 18.2 Å². The third kappa shape index (κ3) is 15.6. The van der Waals surface area contributed by atoms with Crippen LogP contribution in [0.25, 0.3) is 0 Å². The Morgan fingerprint density at radius 2 is 1.50 bits per heavy atom. The van der Waals surface area contributed by atoms with Crippen molar-refractivity contribution in [3.63, 3.8) is 0 Å². The minimum Gasteiger partial charge on any atom is -0.459 e. The molecule has 3 aliphatic rings. The number of carbonyl (C=O) groups excluding carboxylic acids is 3. The van der Waals surface area contributed by atoms with Gasteiger partial charge in [0.15, 0.2) is 24.8 Å². The van der Waals surface area contributed by atoms with Gasteiger partial charge in [-0.05, 0) is 124 Å². The predicted octanol–water partition coefficient (Wildman–Crippen LogP) is 5.95. The number of halogens is 1. The Balaban J connectivity index is 1.51. The number of alkyl carbamates (subject to hydrolysis) is 2. The molecule has 19 heteroatoms. The fourth-order valence-electron chi connectivity index (χ4n) is 11.2. The summed E-state index contributed by atoms with van der Waals surface area (Å²) < 4.78 is 64.6. The van der Waals surface area contributed by atoms with E-state index in [2.05, 4.69) is 10.6 Å². The van der Waals surface area contributed by atoms with Crippen LogP contribution < -0.4 is 10.6 Å². The maximum Gasteiger partial charge on any atom is 0.407 e. The van der Waals surface area contributed by atoms with Gasteiger partial charge in [0.1, 0.15) is 29.2 Å². The van der Waals surface area contributed by atoms with Gasteiger partial charge in [0, 0.05) is 51.2 Å². The van der Waals surface area contributed by atoms with Gasteiger partial charge in [0.05, 0.1) is 35.9 Å². The second-order valence-corrected chi connectivity index (χ2v) is 22.1. The van der Waals surface area contributed by atoms with Crippen LogP contribution in [-0.4, -0.2) is 175 Å². The molecule has 0 bridgehead atoms. The molecule has 18 nitrogen and oxygen atoms in total. The molecule has 5 rings (SSSR count). The molecule has 0 spiro atoms. The van der Waals surface area contributed by atoms with Gasteiger partial charge in [-0.25, -0.2) is 14.0 Å². The molecular formula is C55H87FN4O14. The number of carbonyl (C=O) groups is 3. The number of aliphatic hydroxyl groups is 3. The molecule has 0 unspecified atom stereocenters. The molecule has 2 aromatic carbocycles. The smallest absolute Gasteiger partial charge is 0.407 e. The summed E-state index contributed by atoms with van der Waals surface area (Å²) in [5.41, 5.74) is -3.14. The molecule has 74 heavy (non-hydrogen) atoms. The molecule has 18 atom stereocenters. The van der Waals surface area contributed by atoms with Gasteiger partial charge < -0.3 is 68.7 Å². The number of likely N-dealkylation sites (N-methyl/N-ethyl adjacent to an activating group) is 2. The SMILES string of the molecule is CC[C@@H]1OC(=O)[C@H](C)[C@H](O[C@H]2C[C@@](C)(OC)[C@@H](OC(=O)NCc3ccc(F)cc3)[C@H](C)O2)[C@@H](C)[C@@H](O[C@@H]2O[C@H](C)C[C@H](N(C)C)[C@H]2O)[C@@](C)(O)C[C@@H](C)CN(C)[C@@H](C)[C@H](OC(=O)NCCc2ccccc2)[C@]1(C)O. The lowest BCUT2D eigenvalue weighted by molar-refractivity contribution is -0.317. The maximum atomic E-state index is 14.9. The summed E-state index contributed by atoms with van der Waals surface area (Å²) in [4.78, 5) is 45.6. The zero-order chi connectivity index (χ0) is 54.9. The Kier molecular flexibility index (Phi) is 21.7. The van der Waals surface area contributed by atoms with E-state index < -0.39 is 114 Å². The molecule has 5 N–H and O–H groups in total. The highest BCUT2D eigenvalue weighted by molar-refractivity contribution is 5.73. The van der Waals surface area contributed by atoms with Gasteiger partial charge >= 0.3 is 18.2 Å². The van der Waals surface area contributed by atoms with Crippen molar-refractivity contribution < 1.29 is 72.0 Å². The van der Waals surface area contributed by atoms with Gasteiger partial charge in [0.25, 0.3) is 0 Å². The topological polar surface area (TPSA) is 216 Å². The summed E-state index contributed by atoms with van der Waals surface area (Å²) >= 11 is 0. The van der Waals surface area contributed by atoms with Crippen LogP contribution in [0.15, 0.2) is 54.6 Å². The Morgan fingerprint density at radius 1 is 0.865 bits per heavy atom. The molecule has 2 aromatic rings. The molecule has 0 aliphatic carbocycles. The molecule has 3 heterocycles. The number of aliphatic hydroxyl groups excluding tert-OH is 1. The summed E-state index contributed by atoms with van der Waals surface area (Å²) in [5.74, 6) is -3.45. The van der Waals surface area contributed by atoms with Crippen LogP contribution in [0.4, 0.5) is 14.0 Å². The van der Waals surface area contributed by atoms with Crippen LogP contribution >= 0.6 is 0 Å². The quantitative estimate of drug-likeness (QED) is 0.109. The van der Waals surface area contributed by atoms with E-state index in [1.807, 2.05) is 82.0 Å². The van der Waals surface area contributed by atoms with E-state index in [4.69, 9.17) is 37.9 Å². The molecule has 3 fully saturated rings. The van der Waals surface area contributed by atoms with Crippen molar-refractivity contribution in [1.82, 2.24) is 20.4 Å². The highest BCUT2D eigenvalue weighted by Gasteiger charge is 2.54. The molecule has 3 aliphatic heterocycles. The van der Waals surface area contributed by atoms with Crippen LogP contribution in [0, 0.1) is 23.6 Å². The first kappa shape index (κ1) is 60.8. The van der Waals surface area contributed by atoms with Crippen LogP contribution in [0.5, 0.6) is 0 Å². The molecule has 2 amide bonds. The minimum absolute atomic E-state index is 0.00309. The second-order valence-electron chi connectivity index (χ2n) is 22.1. The highest BCUT2D eigenvalue weighted by atomic mass is 19.1. The van der Waals surface area contributed by atoms with Crippen molar-refractivity contribution in [2.24, 2.45) is 17.8 Å². The number of methoxy groups -OCH3 is 1. The van der Waals surface area contributed by atoms with Gasteiger partial charge in [0.2, 0.25) is 0 Å². The Bertz CT molecular complexity index is 2090. The van der Waals surface area contributed by atoms with E-state index in [0.717, 1.165) is 5.56 Å². The van der Waals surface area contributed by atoms with E-state index in [0.29, 0.717) is 24.9 Å². The zero-order valence-electron chi connectivity index (χ0n) is 46.1. The van der Waals surface area contributed by atoms with E-state index in [1.165, 1.54) is 26.2 Å². The number of cyclic esters (lactones) is 1. The van der Waals surface area contributed by atoms with E-state index in [9.17, 15) is 34.1 Å². The zero-order valence-corrected chi connectivity index (χ0v) is 46.1. The number of esters is 1. The molecule has 0 radical (unpaired) electrons. The maximum absolute atomic E-state index is 14.9. The van der Waals surface area contributed by atoms with Gasteiger partial charge in [-0.1, -0.05) is 63.2 Å². The van der Waals surface area contributed by atoms with Gasteiger partial charge in [-0.2, -0.15) is 0 Å². The lowest BCUT2D eigenvalue weighted by Crippen LogP contribution is -2.61. The monoisotopic (exact) mass is 1050 g/mol. The number of hydrogen-bond acceptors (Lipinski definition) is 16. The number of nitrogens with one attached hydrogen (secondary N) is 2. The number of hydrogen-bond donors (Lipinski definition) is 5. The molecular weight excluding hydrogens is 960 g/mol. The summed E-state index contributed by atoms with van der Waals surface area (Å²) in [6.07, 6.45) is -10.4. The van der Waals surface area contributed by atoms with E-state index >= 15 is 0 Å². The fraction of sp³-hybridized carbons (Fsp3) is 0.727. The molecule has 0 saturated carbocycles. The average Bonchev–Trinajstić information content (AvgIpc) is 3.34. The third-order valence-electron chi connectivity index (χ3n) is 15.5. The summed E-state index contributed by atoms with van der Waals surface area (Å²) in [7, 11) is 7.06. The Hall–Kier alpha value is -4.02. The van der Waals surface area contributed by atoms with Crippen molar-refractivity contribution in [1.29, 1.82) is 0 Å². The normalized spacial score (nSPS) is 38.0. The number of rotatable bonds is 14. The first-order valence-corrected chi connectivity index (χ1v) is 26.2. The predicted molar refractivity (Wildman–Crippen MR) is 274 cm³/mol.